The third kappa shape index (κ3) is 3.98. The van der Waals surface area contributed by atoms with Gasteiger partial charge in [-0.3, -0.25) is 9.69 Å². The van der Waals surface area contributed by atoms with E-state index in [0.29, 0.717) is 18.8 Å². The summed E-state index contributed by atoms with van der Waals surface area (Å²) < 4.78 is 0. The van der Waals surface area contributed by atoms with Gasteiger partial charge in [0.1, 0.15) is 0 Å². The Bertz CT molecular complexity index is 629. The fraction of sp³-hybridized carbons (Fsp3) is 0.400. The van der Waals surface area contributed by atoms with Crippen molar-refractivity contribution in [2.75, 3.05) is 24.5 Å². The van der Waals surface area contributed by atoms with Gasteiger partial charge in [0.2, 0.25) is 0 Å². The molecule has 0 radical (unpaired) electrons. The standard InChI is InChI=1S/C15H19N3O5/c1-15(23,13(20)21)9-17-12(19)10-4-2-5-11(8-10)18-7-3-6-16-14(18)22/h2,4-5,8,23H,3,6-7,9H2,1H3,(H,16,22)(H,17,19)(H,20,21). The van der Waals surface area contributed by atoms with Crippen LogP contribution in [0.15, 0.2) is 24.3 Å². The van der Waals surface area contributed by atoms with Crippen molar-refractivity contribution in [3.63, 3.8) is 0 Å². The number of hydrogen-bond acceptors (Lipinski definition) is 4. The van der Waals surface area contributed by atoms with Crippen LogP contribution < -0.4 is 15.5 Å². The van der Waals surface area contributed by atoms with Crippen LogP contribution in [0.3, 0.4) is 0 Å². The molecule has 1 saturated heterocycles. The lowest BCUT2D eigenvalue weighted by Gasteiger charge is -2.27. The summed E-state index contributed by atoms with van der Waals surface area (Å²) in [6.45, 7) is 1.87. The topological polar surface area (TPSA) is 119 Å². The van der Waals surface area contributed by atoms with Crippen molar-refractivity contribution in [1.82, 2.24) is 10.6 Å². The molecule has 1 atom stereocenters. The highest BCUT2D eigenvalue weighted by Gasteiger charge is 2.30. The van der Waals surface area contributed by atoms with Gasteiger partial charge < -0.3 is 20.8 Å². The highest BCUT2D eigenvalue weighted by atomic mass is 16.4. The van der Waals surface area contributed by atoms with Crippen molar-refractivity contribution in [2.45, 2.75) is 18.9 Å². The number of urea groups is 1. The summed E-state index contributed by atoms with van der Waals surface area (Å²) >= 11 is 0. The van der Waals surface area contributed by atoms with E-state index in [9.17, 15) is 19.5 Å². The number of carboxylic acids is 1. The predicted molar refractivity (Wildman–Crippen MR) is 82.4 cm³/mol. The van der Waals surface area contributed by atoms with Gasteiger partial charge in [0, 0.05) is 24.3 Å². The largest absolute Gasteiger partial charge is 0.479 e. The fourth-order valence-corrected chi connectivity index (χ4v) is 2.12. The van der Waals surface area contributed by atoms with E-state index in [1.807, 2.05) is 0 Å². The van der Waals surface area contributed by atoms with Gasteiger partial charge in [0.05, 0.1) is 6.54 Å². The van der Waals surface area contributed by atoms with Crippen molar-refractivity contribution in [3.8, 4) is 0 Å². The van der Waals surface area contributed by atoms with Crippen LogP contribution in [0.4, 0.5) is 10.5 Å². The molecule has 23 heavy (non-hydrogen) atoms. The van der Waals surface area contributed by atoms with Gasteiger partial charge in [0.15, 0.2) is 5.60 Å². The van der Waals surface area contributed by atoms with E-state index in [1.165, 1.54) is 4.90 Å². The molecule has 1 heterocycles. The smallest absolute Gasteiger partial charge is 0.337 e. The van der Waals surface area contributed by atoms with Crippen LogP contribution in [0.25, 0.3) is 0 Å². The van der Waals surface area contributed by atoms with Gasteiger partial charge in [-0.05, 0) is 31.5 Å². The van der Waals surface area contributed by atoms with E-state index in [1.54, 1.807) is 24.3 Å². The number of nitrogens with zero attached hydrogens (tertiary/aromatic N) is 1. The van der Waals surface area contributed by atoms with Crippen LogP contribution in [0.5, 0.6) is 0 Å². The van der Waals surface area contributed by atoms with Crippen molar-refractivity contribution in [3.05, 3.63) is 29.8 Å². The molecular formula is C15H19N3O5. The molecule has 0 spiro atoms. The second kappa shape index (κ2) is 6.66. The second-order valence-corrected chi connectivity index (χ2v) is 5.55. The molecule has 4 N–H and O–H groups in total. The Balaban J connectivity index is 2.08. The number of carbonyl (C=O) groups is 3. The first kappa shape index (κ1) is 16.8. The van der Waals surface area contributed by atoms with Crippen LogP contribution in [0.2, 0.25) is 0 Å². The van der Waals surface area contributed by atoms with Gasteiger partial charge in [-0.1, -0.05) is 6.07 Å². The predicted octanol–water partition coefficient (Wildman–Crippen LogP) is 0.172. The van der Waals surface area contributed by atoms with E-state index >= 15 is 0 Å². The molecule has 2 rings (SSSR count). The van der Waals surface area contributed by atoms with Gasteiger partial charge in [0.25, 0.3) is 5.91 Å². The summed E-state index contributed by atoms with van der Waals surface area (Å²) in [4.78, 5) is 36.3. The highest BCUT2D eigenvalue weighted by molar-refractivity contribution is 5.98. The normalized spacial score (nSPS) is 17.1. The van der Waals surface area contributed by atoms with Crippen molar-refractivity contribution < 1.29 is 24.6 Å². The van der Waals surface area contributed by atoms with Gasteiger partial charge >= 0.3 is 12.0 Å². The molecule has 1 fully saturated rings. The number of carboxylic acid groups (broad SMARTS) is 1. The molecule has 0 aromatic heterocycles. The molecule has 1 aromatic carbocycles. The van der Waals surface area contributed by atoms with Crippen molar-refractivity contribution >= 4 is 23.6 Å². The molecule has 8 heteroatoms. The Hall–Kier alpha value is -2.61. The lowest BCUT2D eigenvalue weighted by molar-refractivity contribution is -0.155. The zero-order chi connectivity index (χ0) is 17.0. The second-order valence-electron chi connectivity index (χ2n) is 5.55. The van der Waals surface area contributed by atoms with Gasteiger partial charge in [-0.2, -0.15) is 0 Å². The molecule has 0 aliphatic carbocycles. The monoisotopic (exact) mass is 321 g/mol. The van der Waals surface area contributed by atoms with Crippen molar-refractivity contribution in [2.24, 2.45) is 0 Å². The first-order chi connectivity index (χ1) is 10.8. The summed E-state index contributed by atoms with van der Waals surface area (Å²) in [6.07, 6.45) is 0.809. The maximum absolute atomic E-state index is 12.1. The molecule has 3 amide bonds. The number of amides is 3. The molecule has 124 valence electrons. The lowest BCUT2D eigenvalue weighted by Crippen LogP contribution is -2.47. The van der Waals surface area contributed by atoms with Crippen LogP contribution in [0, 0.1) is 0 Å². The number of aliphatic carboxylic acids is 1. The Kier molecular flexibility index (Phi) is 4.85. The number of nitrogens with one attached hydrogen (secondary N) is 2. The van der Waals surface area contributed by atoms with E-state index in [-0.39, 0.29) is 11.6 Å². The molecular weight excluding hydrogens is 302 g/mol. The third-order valence-electron chi connectivity index (χ3n) is 3.55. The Labute approximate surface area is 133 Å². The highest BCUT2D eigenvalue weighted by Crippen LogP contribution is 2.18. The summed E-state index contributed by atoms with van der Waals surface area (Å²) in [6, 6.07) is 6.24. The number of benzene rings is 1. The van der Waals surface area contributed by atoms with E-state index in [0.717, 1.165) is 13.3 Å². The van der Waals surface area contributed by atoms with Gasteiger partial charge in [-0.15, -0.1) is 0 Å². The average Bonchev–Trinajstić information content (AvgIpc) is 2.53. The maximum atomic E-state index is 12.1. The van der Waals surface area contributed by atoms with Crippen molar-refractivity contribution in [1.29, 1.82) is 0 Å². The SMILES string of the molecule is CC(O)(CNC(=O)c1cccc(N2CCCNC2=O)c1)C(=O)O. The Morgan fingerprint density at radius 1 is 1.43 bits per heavy atom. The minimum atomic E-state index is -2.04. The molecule has 0 bridgehead atoms. The minimum Gasteiger partial charge on any atom is -0.479 e. The number of aliphatic hydroxyl groups is 1. The lowest BCUT2D eigenvalue weighted by atomic mass is 10.1. The molecule has 1 aliphatic rings. The van der Waals surface area contributed by atoms with Crippen LogP contribution in [-0.2, 0) is 4.79 Å². The summed E-state index contributed by atoms with van der Waals surface area (Å²) in [7, 11) is 0. The molecule has 1 aromatic rings. The first-order valence-corrected chi connectivity index (χ1v) is 7.21. The van der Waals surface area contributed by atoms with Crippen LogP contribution >= 0.6 is 0 Å². The van der Waals surface area contributed by atoms with E-state index in [2.05, 4.69) is 10.6 Å². The number of hydrogen-bond donors (Lipinski definition) is 4. The zero-order valence-corrected chi connectivity index (χ0v) is 12.7. The fourth-order valence-electron chi connectivity index (χ4n) is 2.12. The quantitative estimate of drug-likeness (QED) is 0.616. The average molecular weight is 321 g/mol. The number of rotatable bonds is 5. The molecule has 0 saturated carbocycles. The Morgan fingerprint density at radius 3 is 2.83 bits per heavy atom. The summed E-state index contributed by atoms with van der Waals surface area (Å²) in [5.41, 5.74) is -1.18. The number of carbonyl (C=O) groups excluding carboxylic acids is 2. The van der Waals surface area contributed by atoms with E-state index < -0.39 is 24.0 Å². The zero-order valence-electron chi connectivity index (χ0n) is 12.7. The molecule has 1 aliphatic heterocycles. The third-order valence-corrected chi connectivity index (χ3v) is 3.55. The Morgan fingerprint density at radius 2 is 2.17 bits per heavy atom. The first-order valence-electron chi connectivity index (χ1n) is 7.21. The maximum Gasteiger partial charge on any atom is 0.337 e. The summed E-state index contributed by atoms with van der Waals surface area (Å²) in [5.74, 6) is -1.94. The van der Waals surface area contributed by atoms with Crippen LogP contribution in [0.1, 0.15) is 23.7 Å². The van der Waals surface area contributed by atoms with Crippen LogP contribution in [-0.4, -0.2) is 53.4 Å². The molecule has 8 nitrogen and oxygen atoms in total. The summed E-state index contributed by atoms with van der Waals surface area (Å²) in [5, 5.41) is 23.5. The molecule has 1 unspecified atom stereocenters. The minimum absolute atomic E-state index is 0.220. The number of anilines is 1. The van der Waals surface area contributed by atoms with Gasteiger partial charge in [-0.25, -0.2) is 9.59 Å². The van der Waals surface area contributed by atoms with E-state index in [4.69, 9.17) is 5.11 Å².